The third kappa shape index (κ3) is 2.53. The summed E-state index contributed by atoms with van der Waals surface area (Å²) in [6.45, 7) is 2.28. The number of hydrogen-bond donors (Lipinski definition) is 1. The highest BCUT2D eigenvalue weighted by atomic mass is 32.2. The van der Waals surface area contributed by atoms with Crippen LogP contribution in [0, 0.1) is 0 Å². The molecule has 0 spiro atoms. The smallest absolute Gasteiger partial charge is 0.324 e. The Labute approximate surface area is 97.2 Å². The fourth-order valence-corrected chi connectivity index (χ4v) is 3.46. The normalized spacial score (nSPS) is 25.4. The van der Waals surface area contributed by atoms with Crippen molar-refractivity contribution >= 4 is 29.1 Å². The number of thioether (sulfide) groups is 1. The Morgan fingerprint density at radius 3 is 3.27 bits per heavy atom. The molecule has 0 aliphatic carbocycles. The van der Waals surface area contributed by atoms with Crippen LogP contribution in [0.15, 0.2) is 16.8 Å². The molecule has 2 atom stereocenters. The monoisotopic (exact) mass is 243 g/mol. The Morgan fingerprint density at radius 2 is 2.60 bits per heavy atom. The molecule has 1 aliphatic rings. The minimum atomic E-state index is -0.153. The topological polar surface area (TPSA) is 38.3 Å². The van der Waals surface area contributed by atoms with E-state index in [2.05, 4.69) is 22.1 Å². The molecule has 2 heterocycles. The van der Waals surface area contributed by atoms with Crippen LogP contribution in [0.3, 0.4) is 0 Å². The number of carbonyl (C=O) groups is 1. The van der Waals surface area contributed by atoms with Gasteiger partial charge < -0.3 is 4.74 Å². The zero-order valence-electron chi connectivity index (χ0n) is 8.43. The number of rotatable bonds is 3. The lowest BCUT2D eigenvalue weighted by Gasteiger charge is -2.11. The first-order valence-electron chi connectivity index (χ1n) is 4.87. The molecule has 1 aromatic rings. The molecule has 0 bridgehead atoms. The largest absolute Gasteiger partial charge is 0.465 e. The number of ether oxygens (including phenoxy) is 1. The highest BCUT2D eigenvalue weighted by Gasteiger charge is 2.31. The van der Waals surface area contributed by atoms with Crippen molar-refractivity contribution in [3.05, 3.63) is 22.4 Å². The average Bonchev–Trinajstić information content (AvgIpc) is 2.89. The van der Waals surface area contributed by atoms with E-state index in [1.54, 1.807) is 23.1 Å². The van der Waals surface area contributed by atoms with Crippen molar-refractivity contribution in [2.45, 2.75) is 18.3 Å². The fraction of sp³-hybridized carbons (Fsp3) is 0.500. The highest BCUT2D eigenvalue weighted by molar-refractivity contribution is 7.99. The number of thiophene rings is 1. The molecule has 0 aromatic carbocycles. The second-order valence-corrected chi connectivity index (χ2v) is 5.16. The molecule has 0 radical (unpaired) electrons. The van der Waals surface area contributed by atoms with E-state index in [1.165, 1.54) is 5.56 Å². The lowest BCUT2D eigenvalue weighted by Crippen LogP contribution is -2.35. The highest BCUT2D eigenvalue weighted by Crippen LogP contribution is 2.33. The van der Waals surface area contributed by atoms with E-state index in [0.717, 1.165) is 5.75 Å². The molecule has 1 saturated heterocycles. The minimum absolute atomic E-state index is 0.136. The maximum Gasteiger partial charge on any atom is 0.324 e. The Hall–Kier alpha value is -0.520. The summed E-state index contributed by atoms with van der Waals surface area (Å²) in [6, 6.07) is 1.93. The van der Waals surface area contributed by atoms with E-state index >= 15 is 0 Å². The predicted molar refractivity (Wildman–Crippen MR) is 63.1 cm³/mol. The van der Waals surface area contributed by atoms with Gasteiger partial charge in [-0.25, -0.2) is 0 Å². The summed E-state index contributed by atoms with van der Waals surface area (Å²) in [6.07, 6.45) is 0. The molecule has 1 aliphatic heterocycles. The van der Waals surface area contributed by atoms with Crippen LogP contribution in [-0.2, 0) is 9.53 Å². The van der Waals surface area contributed by atoms with E-state index < -0.39 is 0 Å². The second-order valence-electron chi connectivity index (χ2n) is 3.24. The van der Waals surface area contributed by atoms with E-state index in [-0.39, 0.29) is 17.4 Å². The van der Waals surface area contributed by atoms with Gasteiger partial charge in [-0.1, -0.05) is 0 Å². The molecular weight excluding hydrogens is 230 g/mol. The standard InChI is InChI=1S/C10H13NO2S2/c1-2-13-10(12)8-6-15-9(11-8)7-3-4-14-5-7/h3-5,8-9,11H,2,6H2,1H3/t8-,9-/m0/s1. The summed E-state index contributed by atoms with van der Waals surface area (Å²) in [5.74, 6) is 0.655. The molecule has 0 saturated carbocycles. The summed E-state index contributed by atoms with van der Waals surface area (Å²) in [5.41, 5.74) is 1.25. The van der Waals surface area contributed by atoms with Gasteiger partial charge in [-0.05, 0) is 29.3 Å². The van der Waals surface area contributed by atoms with Gasteiger partial charge in [0.1, 0.15) is 6.04 Å². The summed E-state index contributed by atoms with van der Waals surface area (Å²) >= 11 is 3.43. The van der Waals surface area contributed by atoms with Crippen molar-refractivity contribution in [3.63, 3.8) is 0 Å². The summed E-state index contributed by atoms with van der Waals surface area (Å²) < 4.78 is 4.98. The van der Waals surface area contributed by atoms with Gasteiger partial charge in [0.25, 0.3) is 0 Å². The summed E-state index contributed by atoms with van der Waals surface area (Å²) in [7, 11) is 0. The van der Waals surface area contributed by atoms with Crippen LogP contribution in [0.25, 0.3) is 0 Å². The predicted octanol–water partition coefficient (Wildman–Crippen LogP) is 2.01. The maximum atomic E-state index is 11.5. The minimum Gasteiger partial charge on any atom is -0.465 e. The SMILES string of the molecule is CCOC(=O)[C@@H]1CS[C@@H](c2ccsc2)N1. The van der Waals surface area contributed by atoms with Gasteiger partial charge in [0, 0.05) is 5.75 Å². The Morgan fingerprint density at radius 1 is 1.73 bits per heavy atom. The lowest BCUT2D eigenvalue weighted by atomic mass is 10.3. The van der Waals surface area contributed by atoms with Gasteiger partial charge in [-0.2, -0.15) is 11.3 Å². The zero-order valence-corrected chi connectivity index (χ0v) is 10.1. The Bertz CT molecular complexity index is 326. The molecule has 5 heteroatoms. The van der Waals surface area contributed by atoms with Gasteiger partial charge in [-0.3, -0.25) is 10.1 Å². The van der Waals surface area contributed by atoms with E-state index in [4.69, 9.17) is 4.74 Å². The molecule has 0 unspecified atom stereocenters. The van der Waals surface area contributed by atoms with Gasteiger partial charge in [0.15, 0.2) is 0 Å². The average molecular weight is 243 g/mol. The Balaban J connectivity index is 1.92. The second kappa shape index (κ2) is 5.01. The molecule has 0 amide bonds. The van der Waals surface area contributed by atoms with Crippen LogP contribution in [0.2, 0.25) is 0 Å². The van der Waals surface area contributed by atoms with Crippen molar-refractivity contribution in [1.29, 1.82) is 0 Å². The van der Waals surface area contributed by atoms with Crippen molar-refractivity contribution < 1.29 is 9.53 Å². The van der Waals surface area contributed by atoms with Crippen LogP contribution >= 0.6 is 23.1 Å². The summed E-state index contributed by atoms with van der Waals surface area (Å²) in [4.78, 5) is 11.5. The first-order chi connectivity index (χ1) is 7.31. The third-order valence-corrected chi connectivity index (χ3v) is 4.17. The molecule has 2 rings (SSSR count). The van der Waals surface area contributed by atoms with Crippen LogP contribution in [-0.4, -0.2) is 24.4 Å². The van der Waals surface area contributed by atoms with Crippen LogP contribution in [0.4, 0.5) is 0 Å². The van der Waals surface area contributed by atoms with Gasteiger partial charge in [-0.15, -0.1) is 11.8 Å². The molecule has 3 nitrogen and oxygen atoms in total. The quantitative estimate of drug-likeness (QED) is 0.824. The zero-order chi connectivity index (χ0) is 10.7. The lowest BCUT2D eigenvalue weighted by molar-refractivity contribution is -0.144. The van der Waals surface area contributed by atoms with Crippen LogP contribution in [0.1, 0.15) is 17.9 Å². The summed E-state index contributed by atoms with van der Waals surface area (Å²) in [5, 5.41) is 7.67. The van der Waals surface area contributed by atoms with Crippen molar-refractivity contribution in [2.24, 2.45) is 0 Å². The van der Waals surface area contributed by atoms with E-state index in [0.29, 0.717) is 6.61 Å². The van der Waals surface area contributed by atoms with Crippen molar-refractivity contribution in [2.75, 3.05) is 12.4 Å². The third-order valence-electron chi connectivity index (χ3n) is 2.20. The first-order valence-corrected chi connectivity index (χ1v) is 6.87. The van der Waals surface area contributed by atoms with Gasteiger partial charge in [0.2, 0.25) is 0 Å². The molecule has 1 fully saturated rings. The molecule has 15 heavy (non-hydrogen) atoms. The van der Waals surface area contributed by atoms with Crippen LogP contribution in [0.5, 0.6) is 0 Å². The fourth-order valence-electron chi connectivity index (χ4n) is 1.47. The van der Waals surface area contributed by atoms with Crippen LogP contribution < -0.4 is 5.32 Å². The van der Waals surface area contributed by atoms with Gasteiger partial charge >= 0.3 is 5.97 Å². The molecule has 1 aromatic heterocycles. The van der Waals surface area contributed by atoms with Crippen molar-refractivity contribution in [3.8, 4) is 0 Å². The van der Waals surface area contributed by atoms with E-state index in [9.17, 15) is 4.79 Å². The van der Waals surface area contributed by atoms with Crippen molar-refractivity contribution in [1.82, 2.24) is 5.32 Å². The van der Waals surface area contributed by atoms with Gasteiger partial charge in [0.05, 0.1) is 12.0 Å². The molecule has 1 N–H and O–H groups in total. The molecular formula is C10H13NO2S2. The maximum absolute atomic E-state index is 11.5. The first kappa shape index (κ1) is 11.0. The number of carbonyl (C=O) groups excluding carboxylic acids is 1. The number of hydrogen-bond acceptors (Lipinski definition) is 5. The number of nitrogens with one attached hydrogen (secondary N) is 1. The molecule has 82 valence electrons. The number of esters is 1. The van der Waals surface area contributed by atoms with E-state index in [1.807, 2.05) is 6.92 Å². The Kier molecular flexibility index (Phi) is 3.66.